The molecule has 37 heavy (non-hydrogen) atoms. The molecule has 1 saturated carbocycles. The van der Waals surface area contributed by atoms with Gasteiger partial charge < -0.3 is 21.5 Å². The number of nitrogen functional groups attached to an aromatic ring is 1. The van der Waals surface area contributed by atoms with Crippen LogP contribution in [0.3, 0.4) is 0 Å². The number of alkyl halides is 3. The maximum Gasteiger partial charge on any atom is 0.418 e. The molecule has 0 bridgehead atoms. The molecule has 2 atom stereocenters. The van der Waals surface area contributed by atoms with Gasteiger partial charge in [-0.1, -0.05) is 6.07 Å². The van der Waals surface area contributed by atoms with Crippen LogP contribution in [0.1, 0.15) is 41.7 Å². The lowest BCUT2D eigenvalue weighted by Crippen LogP contribution is -2.34. The largest absolute Gasteiger partial charge is 0.473 e. The van der Waals surface area contributed by atoms with Crippen molar-refractivity contribution < 1.29 is 31.5 Å². The molecule has 5 N–H and O–H groups in total. The van der Waals surface area contributed by atoms with Gasteiger partial charge in [-0.25, -0.2) is 18.7 Å². The molecule has 1 amide bonds. The molecule has 0 aliphatic heterocycles. The van der Waals surface area contributed by atoms with Crippen molar-refractivity contribution in [2.45, 2.75) is 44.0 Å². The van der Waals surface area contributed by atoms with Crippen molar-refractivity contribution in [2.24, 2.45) is 5.73 Å². The summed E-state index contributed by atoms with van der Waals surface area (Å²) < 4.78 is 75.6. The van der Waals surface area contributed by atoms with Crippen molar-refractivity contribution in [1.82, 2.24) is 15.0 Å². The third-order valence-corrected chi connectivity index (χ3v) is 5.64. The molecule has 0 spiro atoms. The predicted octanol–water partition coefficient (Wildman–Crippen LogP) is 4.74. The molecule has 1 aliphatic carbocycles. The maximum atomic E-state index is 14.4. The number of hydrogen-bond acceptors (Lipinski definition) is 7. The molecule has 0 saturated heterocycles. The summed E-state index contributed by atoms with van der Waals surface area (Å²) >= 11 is 0. The fraction of sp³-hybridized carbons (Fsp3) is 0.304. The molecule has 2 unspecified atom stereocenters. The van der Waals surface area contributed by atoms with E-state index in [0.717, 1.165) is 37.5 Å². The minimum atomic E-state index is -5.06. The number of amides is 1. The molecule has 4 rings (SSSR count). The lowest BCUT2D eigenvalue weighted by molar-refractivity contribution is -0.137. The fourth-order valence-electron chi connectivity index (χ4n) is 3.97. The number of aromatic nitrogens is 3. The first-order chi connectivity index (χ1) is 17.0. The quantitative estimate of drug-likeness (QED) is 0.396. The molecule has 3 aromatic rings. The Bertz CT molecular complexity index is 1270. The second-order valence-corrected chi connectivity index (χ2v) is 8.28. The van der Waals surface area contributed by atoms with E-state index in [2.05, 4.69) is 20.3 Å². The van der Waals surface area contributed by atoms with Gasteiger partial charge in [0, 0.05) is 6.04 Å². The summed E-state index contributed by atoms with van der Waals surface area (Å²) in [6.45, 7) is 0. The summed E-state index contributed by atoms with van der Waals surface area (Å²) in [5.74, 6) is -3.62. The average Bonchev–Trinajstić information content (AvgIpc) is 2.80. The van der Waals surface area contributed by atoms with Gasteiger partial charge in [-0.2, -0.15) is 18.2 Å². The number of halogens is 6. The summed E-state index contributed by atoms with van der Waals surface area (Å²) in [5.41, 5.74) is 6.69. The Hall–Kier alpha value is -3.58. The van der Waals surface area contributed by atoms with E-state index in [9.17, 15) is 26.7 Å². The Morgan fingerprint density at radius 2 is 1.86 bits per heavy atom. The molecule has 2 heterocycles. The third kappa shape index (κ3) is 6.23. The number of rotatable bonds is 5. The highest BCUT2D eigenvalue weighted by Gasteiger charge is 2.37. The molecular formula is C23H22ClF5N6O2. The predicted molar refractivity (Wildman–Crippen MR) is 127 cm³/mol. The number of carbonyl (C=O) groups excluding carboxylic acids is 1. The topological polar surface area (TPSA) is 129 Å². The highest BCUT2D eigenvalue weighted by molar-refractivity contribution is 6.07. The molecule has 198 valence electrons. The zero-order chi connectivity index (χ0) is 26.0. The summed E-state index contributed by atoms with van der Waals surface area (Å²) in [6, 6.07) is 2.90. The summed E-state index contributed by atoms with van der Waals surface area (Å²) in [7, 11) is 0. The van der Waals surface area contributed by atoms with Crippen molar-refractivity contribution in [3.05, 3.63) is 59.7 Å². The fourth-order valence-corrected chi connectivity index (χ4v) is 3.97. The molecule has 2 aromatic heterocycles. The van der Waals surface area contributed by atoms with Gasteiger partial charge in [-0.05, 0) is 43.9 Å². The minimum absolute atomic E-state index is 0. The first-order valence-corrected chi connectivity index (χ1v) is 10.9. The van der Waals surface area contributed by atoms with Gasteiger partial charge in [0.1, 0.15) is 29.8 Å². The standard InChI is InChI=1S/C23H21F5N6O2.ClH/c24-14-5-2-6-15(25)18(14)19-13(23(26,27)28)8-16(30)20(34-19)21(35)33-17-9-31-10-32-22(17)36-12-4-1-3-11(29)7-12;/h2,5-6,8-12H,1,3-4,7,29-30H2,(H,33,35);1H. The Morgan fingerprint density at radius 3 is 2.51 bits per heavy atom. The van der Waals surface area contributed by atoms with E-state index in [1.807, 2.05) is 0 Å². The van der Waals surface area contributed by atoms with Crippen molar-refractivity contribution in [1.29, 1.82) is 0 Å². The molecule has 14 heteroatoms. The van der Waals surface area contributed by atoms with Crippen LogP contribution in [0.4, 0.5) is 33.3 Å². The summed E-state index contributed by atoms with van der Waals surface area (Å²) in [4.78, 5) is 24.5. The van der Waals surface area contributed by atoms with Gasteiger partial charge in [-0.3, -0.25) is 4.79 Å². The van der Waals surface area contributed by atoms with Crippen LogP contribution in [0.2, 0.25) is 0 Å². The number of anilines is 2. The number of benzene rings is 1. The van der Waals surface area contributed by atoms with E-state index in [0.29, 0.717) is 12.5 Å². The van der Waals surface area contributed by atoms with Crippen LogP contribution in [0.25, 0.3) is 11.3 Å². The van der Waals surface area contributed by atoms with Gasteiger partial charge in [0.15, 0.2) is 5.69 Å². The second kappa shape index (κ2) is 11.2. The van der Waals surface area contributed by atoms with E-state index < -0.39 is 51.9 Å². The maximum absolute atomic E-state index is 14.4. The second-order valence-electron chi connectivity index (χ2n) is 8.28. The molecule has 8 nitrogen and oxygen atoms in total. The van der Waals surface area contributed by atoms with Crippen molar-refractivity contribution in [3.63, 3.8) is 0 Å². The highest BCUT2D eigenvalue weighted by Crippen LogP contribution is 2.39. The first-order valence-electron chi connectivity index (χ1n) is 10.9. The molecule has 0 radical (unpaired) electrons. The van der Waals surface area contributed by atoms with E-state index in [1.54, 1.807) is 0 Å². The van der Waals surface area contributed by atoms with Crippen LogP contribution in [0, 0.1) is 11.6 Å². The Morgan fingerprint density at radius 1 is 1.16 bits per heavy atom. The number of nitrogens with two attached hydrogens (primary N) is 2. The number of carbonyl (C=O) groups is 1. The van der Waals surface area contributed by atoms with Crippen molar-refractivity contribution in [3.8, 4) is 17.1 Å². The zero-order valence-corrected chi connectivity index (χ0v) is 19.9. The van der Waals surface area contributed by atoms with Gasteiger partial charge in [-0.15, -0.1) is 12.4 Å². The number of hydrogen-bond donors (Lipinski definition) is 3. The van der Waals surface area contributed by atoms with E-state index in [4.69, 9.17) is 16.2 Å². The zero-order valence-electron chi connectivity index (χ0n) is 19.1. The third-order valence-electron chi connectivity index (χ3n) is 5.64. The van der Waals surface area contributed by atoms with Crippen LogP contribution in [0.15, 0.2) is 36.8 Å². The first kappa shape index (κ1) is 28.0. The molecule has 1 aromatic carbocycles. The highest BCUT2D eigenvalue weighted by atomic mass is 35.5. The SMILES string of the molecule is Cl.Nc1cc(C(F)(F)F)c(-c2c(F)cccc2F)nc1C(=O)Nc1cncnc1OC1CCCC(N)C1. The van der Waals surface area contributed by atoms with E-state index in [1.165, 1.54) is 12.5 Å². The number of ether oxygens (including phenoxy) is 1. The van der Waals surface area contributed by atoms with E-state index in [-0.39, 0.29) is 36.1 Å². The van der Waals surface area contributed by atoms with Crippen LogP contribution >= 0.6 is 12.4 Å². The van der Waals surface area contributed by atoms with Crippen LogP contribution in [0.5, 0.6) is 5.88 Å². The number of nitrogens with zero attached hydrogens (tertiary/aromatic N) is 3. The molecule has 1 fully saturated rings. The minimum Gasteiger partial charge on any atom is -0.473 e. The lowest BCUT2D eigenvalue weighted by atomic mass is 9.94. The van der Waals surface area contributed by atoms with Crippen molar-refractivity contribution >= 4 is 29.7 Å². The van der Waals surface area contributed by atoms with E-state index >= 15 is 0 Å². The number of nitrogens with one attached hydrogen (secondary N) is 1. The monoisotopic (exact) mass is 544 g/mol. The Labute approximate surface area is 214 Å². The van der Waals surface area contributed by atoms with Gasteiger partial charge in [0.05, 0.1) is 28.7 Å². The number of pyridine rings is 1. The van der Waals surface area contributed by atoms with Crippen LogP contribution < -0.4 is 21.5 Å². The normalized spacial score (nSPS) is 17.6. The van der Waals surface area contributed by atoms with Gasteiger partial charge in [0.25, 0.3) is 5.91 Å². The van der Waals surface area contributed by atoms with Gasteiger partial charge in [0.2, 0.25) is 5.88 Å². The lowest BCUT2D eigenvalue weighted by Gasteiger charge is -2.27. The Kier molecular flexibility index (Phi) is 8.49. The molecule has 1 aliphatic rings. The summed E-state index contributed by atoms with van der Waals surface area (Å²) in [6.07, 6.45) is 0.0902. The summed E-state index contributed by atoms with van der Waals surface area (Å²) in [5, 5.41) is 2.40. The smallest absolute Gasteiger partial charge is 0.418 e. The Balaban J connectivity index is 0.00000380. The average molecular weight is 545 g/mol. The van der Waals surface area contributed by atoms with Crippen molar-refractivity contribution in [2.75, 3.05) is 11.1 Å². The van der Waals surface area contributed by atoms with Gasteiger partial charge >= 0.3 is 6.18 Å². The van der Waals surface area contributed by atoms with Crippen LogP contribution in [-0.4, -0.2) is 33.0 Å². The molecular weight excluding hydrogens is 523 g/mol. The van der Waals surface area contributed by atoms with Crippen LogP contribution in [-0.2, 0) is 6.18 Å².